The van der Waals surface area contributed by atoms with Crippen LogP contribution in [0.3, 0.4) is 0 Å². The molecule has 0 fully saturated rings. The Hall–Kier alpha value is -1.59. The van der Waals surface area contributed by atoms with Gasteiger partial charge >= 0.3 is 5.97 Å². The van der Waals surface area contributed by atoms with Crippen LogP contribution >= 0.6 is 10.7 Å². The summed E-state index contributed by atoms with van der Waals surface area (Å²) >= 11 is 0. The van der Waals surface area contributed by atoms with E-state index in [9.17, 15) is 13.2 Å². The molecule has 0 aliphatic heterocycles. The maximum absolute atomic E-state index is 11.2. The maximum Gasteiger partial charge on any atom is 0.308 e. The SMILES string of the molecule is CC(=O)Oc1ccc2ccc(S(=O)(=O)Cl)cc2c1. The lowest BCUT2D eigenvalue weighted by Gasteiger charge is -2.04. The molecular weight excluding hydrogens is 276 g/mol. The highest BCUT2D eigenvalue weighted by Gasteiger charge is 2.10. The quantitative estimate of drug-likeness (QED) is 0.483. The third-order valence-corrected chi connectivity index (χ3v) is 3.68. The Kier molecular flexibility index (Phi) is 3.28. The molecule has 0 bridgehead atoms. The van der Waals surface area contributed by atoms with Gasteiger partial charge in [0.25, 0.3) is 9.05 Å². The third-order valence-electron chi connectivity index (χ3n) is 2.33. The lowest BCUT2D eigenvalue weighted by Crippen LogP contribution is -2.01. The van der Waals surface area contributed by atoms with Gasteiger partial charge in [-0.2, -0.15) is 0 Å². The molecule has 4 nitrogen and oxygen atoms in total. The summed E-state index contributed by atoms with van der Waals surface area (Å²) in [5, 5.41) is 1.46. The van der Waals surface area contributed by atoms with Crippen molar-refractivity contribution in [2.75, 3.05) is 0 Å². The molecule has 18 heavy (non-hydrogen) atoms. The topological polar surface area (TPSA) is 60.4 Å². The first-order valence-corrected chi connectivity index (χ1v) is 7.34. The number of ether oxygens (including phenoxy) is 1. The van der Waals surface area contributed by atoms with Gasteiger partial charge < -0.3 is 4.74 Å². The molecule has 0 spiro atoms. The van der Waals surface area contributed by atoms with Crippen molar-refractivity contribution in [2.45, 2.75) is 11.8 Å². The second-order valence-electron chi connectivity index (χ2n) is 3.70. The van der Waals surface area contributed by atoms with E-state index in [-0.39, 0.29) is 4.90 Å². The molecule has 0 atom stereocenters. The molecule has 2 aromatic carbocycles. The average molecular weight is 285 g/mol. The minimum absolute atomic E-state index is 0.0108. The first kappa shape index (κ1) is 12.9. The Balaban J connectivity index is 2.56. The molecule has 0 radical (unpaired) electrons. The number of carbonyl (C=O) groups excluding carboxylic acids is 1. The molecule has 0 aliphatic rings. The minimum Gasteiger partial charge on any atom is -0.427 e. The molecular formula is C12H9ClO4S. The number of hydrogen-bond acceptors (Lipinski definition) is 4. The van der Waals surface area contributed by atoms with E-state index in [0.29, 0.717) is 11.1 Å². The molecule has 6 heteroatoms. The van der Waals surface area contributed by atoms with Gasteiger partial charge in [0, 0.05) is 17.6 Å². The monoisotopic (exact) mass is 284 g/mol. The fourth-order valence-corrected chi connectivity index (χ4v) is 2.37. The number of fused-ring (bicyclic) bond motifs is 1. The molecule has 94 valence electrons. The van der Waals surface area contributed by atoms with Gasteiger partial charge in [-0.15, -0.1) is 0 Å². The smallest absolute Gasteiger partial charge is 0.308 e. The zero-order chi connectivity index (χ0) is 13.3. The summed E-state index contributed by atoms with van der Waals surface area (Å²) in [5.74, 6) is -0.0745. The van der Waals surface area contributed by atoms with E-state index in [0.717, 1.165) is 5.39 Å². The predicted molar refractivity (Wildman–Crippen MR) is 68.3 cm³/mol. The molecule has 2 aromatic rings. The second-order valence-corrected chi connectivity index (χ2v) is 6.27. The highest BCUT2D eigenvalue weighted by atomic mass is 35.7. The number of carbonyl (C=O) groups is 1. The van der Waals surface area contributed by atoms with Crippen LogP contribution in [-0.2, 0) is 13.8 Å². The molecule has 0 aliphatic carbocycles. The number of esters is 1. The van der Waals surface area contributed by atoms with Crippen molar-refractivity contribution in [1.82, 2.24) is 0 Å². The van der Waals surface area contributed by atoms with E-state index in [1.165, 1.54) is 19.1 Å². The molecule has 0 N–H and O–H groups in total. The average Bonchev–Trinajstić information content (AvgIpc) is 2.26. The summed E-state index contributed by atoms with van der Waals surface area (Å²) in [6.45, 7) is 1.30. The van der Waals surface area contributed by atoms with Crippen LogP contribution in [-0.4, -0.2) is 14.4 Å². The number of benzene rings is 2. The Morgan fingerprint density at radius 3 is 2.39 bits per heavy atom. The van der Waals surface area contributed by atoms with Crippen LogP contribution in [0.4, 0.5) is 0 Å². The molecule has 2 rings (SSSR count). The van der Waals surface area contributed by atoms with E-state index in [1.807, 2.05) is 0 Å². The van der Waals surface area contributed by atoms with Gasteiger partial charge in [-0.3, -0.25) is 4.79 Å². The van der Waals surface area contributed by atoms with Crippen LogP contribution < -0.4 is 4.74 Å². The van der Waals surface area contributed by atoms with Crippen LogP contribution in [0.2, 0.25) is 0 Å². The van der Waals surface area contributed by atoms with Gasteiger partial charge in [0.05, 0.1) is 4.90 Å². The van der Waals surface area contributed by atoms with E-state index < -0.39 is 15.0 Å². The summed E-state index contributed by atoms with van der Waals surface area (Å²) in [7, 11) is 1.50. The van der Waals surface area contributed by atoms with Crippen molar-refractivity contribution in [3.63, 3.8) is 0 Å². The molecule has 0 saturated carbocycles. The summed E-state index contributed by atoms with van der Waals surface area (Å²) in [5.41, 5.74) is 0. The van der Waals surface area contributed by atoms with Crippen molar-refractivity contribution in [3.05, 3.63) is 36.4 Å². The second kappa shape index (κ2) is 4.59. The largest absolute Gasteiger partial charge is 0.427 e. The van der Waals surface area contributed by atoms with Crippen molar-refractivity contribution < 1.29 is 17.9 Å². The van der Waals surface area contributed by atoms with Gasteiger partial charge in [-0.25, -0.2) is 8.42 Å². The van der Waals surface area contributed by atoms with E-state index in [2.05, 4.69) is 0 Å². The van der Waals surface area contributed by atoms with Gasteiger partial charge in [0.2, 0.25) is 0 Å². The number of rotatable bonds is 2. The highest BCUT2D eigenvalue weighted by Crippen LogP contribution is 2.25. The summed E-state index contributed by atoms with van der Waals surface area (Å²) in [6, 6.07) is 9.46. The van der Waals surface area contributed by atoms with Gasteiger partial charge in [0.15, 0.2) is 0 Å². The zero-order valence-electron chi connectivity index (χ0n) is 9.38. The standard InChI is InChI=1S/C12H9ClO4S/c1-8(14)17-11-4-2-9-3-5-12(18(13,15)16)7-10(9)6-11/h2-7H,1H3. The van der Waals surface area contributed by atoms with Crippen LogP contribution in [0.25, 0.3) is 10.8 Å². The number of hydrogen-bond donors (Lipinski definition) is 0. The highest BCUT2D eigenvalue weighted by molar-refractivity contribution is 8.13. The van der Waals surface area contributed by atoms with E-state index >= 15 is 0 Å². The van der Waals surface area contributed by atoms with Crippen LogP contribution in [0.1, 0.15) is 6.92 Å². The van der Waals surface area contributed by atoms with Gasteiger partial charge in [0.1, 0.15) is 5.75 Å². The van der Waals surface area contributed by atoms with Crippen molar-refractivity contribution in [3.8, 4) is 5.75 Å². The number of halogens is 1. The van der Waals surface area contributed by atoms with Gasteiger partial charge in [-0.05, 0) is 35.0 Å². The van der Waals surface area contributed by atoms with Crippen LogP contribution in [0.5, 0.6) is 5.75 Å². The lowest BCUT2D eigenvalue weighted by molar-refractivity contribution is -0.131. The molecule has 0 heterocycles. The van der Waals surface area contributed by atoms with E-state index in [1.54, 1.807) is 24.3 Å². The lowest BCUT2D eigenvalue weighted by atomic mass is 10.1. The first-order valence-electron chi connectivity index (χ1n) is 5.03. The Bertz CT molecular complexity index is 722. The van der Waals surface area contributed by atoms with Crippen LogP contribution in [0, 0.1) is 0 Å². The predicted octanol–water partition coefficient (Wildman–Crippen LogP) is 2.69. The van der Waals surface area contributed by atoms with Gasteiger partial charge in [-0.1, -0.05) is 12.1 Å². The fraction of sp³-hybridized carbons (Fsp3) is 0.0833. The first-order chi connectivity index (χ1) is 8.36. The fourth-order valence-electron chi connectivity index (χ4n) is 1.58. The molecule has 0 aromatic heterocycles. The molecule has 0 amide bonds. The van der Waals surface area contributed by atoms with Crippen LogP contribution in [0.15, 0.2) is 41.3 Å². The Morgan fingerprint density at radius 1 is 1.11 bits per heavy atom. The summed E-state index contributed by atoms with van der Waals surface area (Å²) in [6.07, 6.45) is 0. The Morgan fingerprint density at radius 2 is 1.78 bits per heavy atom. The summed E-state index contributed by atoms with van der Waals surface area (Å²) in [4.78, 5) is 10.8. The van der Waals surface area contributed by atoms with Crippen molar-refractivity contribution >= 4 is 36.5 Å². The van der Waals surface area contributed by atoms with E-state index in [4.69, 9.17) is 15.4 Å². The molecule has 0 unspecified atom stereocenters. The van der Waals surface area contributed by atoms with Crippen molar-refractivity contribution in [2.24, 2.45) is 0 Å². The normalized spacial score (nSPS) is 11.4. The minimum atomic E-state index is -3.77. The van der Waals surface area contributed by atoms with Crippen molar-refractivity contribution in [1.29, 1.82) is 0 Å². The maximum atomic E-state index is 11.2. The summed E-state index contributed by atoms with van der Waals surface area (Å²) < 4.78 is 27.4. The third kappa shape index (κ3) is 2.80. The zero-order valence-corrected chi connectivity index (χ0v) is 11.0. The Labute approximate surface area is 109 Å². The molecule has 0 saturated heterocycles.